The highest BCUT2D eigenvalue weighted by molar-refractivity contribution is 9.11. The molecule has 0 aliphatic heterocycles. The first-order chi connectivity index (χ1) is 9.22. The number of likely N-dealkylation sites (N-methyl/N-ethyl adjacent to an activating group) is 1. The van der Waals surface area contributed by atoms with E-state index in [1.807, 2.05) is 26.1 Å². The summed E-state index contributed by atoms with van der Waals surface area (Å²) in [7, 11) is 2.00. The van der Waals surface area contributed by atoms with Crippen LogP contribution in [0, 0.1) is 0 Å². The highest BCUT2D eigenvalue weighted by Crippen LogP contribution is 2.27. The smallest absolute Gasteiger partial charge is 0.119 e. The Morgan fingerprint density at radius 1 is 1.21 bits per heavy atom. The maximum atomic E-state index is 5.47. The van der Waals surface area contributed by atoms with Gasteiger partial charge < -0.3 is 10.1 Å². The molecule has 0 saturated heterocycles. The Bertz CT molecular complexity index is 509. The van der Waals surface area contributed by atoms with Crippen LogP contribution < -0.4 is 10.1 Å². The minimum atomic E-state index is 0.334. The van der Waals surface area contributed by atoms with Crippen molar-refractivity contribution in [2.45, 2.75) is 19.4 Å². The summed E-state index contributed by atoms with van der Waals surface area (Å²) in [5, 5.41) is 3.38. The van der Waals surface area contributed by atoms with E-state index in [4.69, 9.17) is 4.74 Å². The molecule has 0 amide bonds. The molecule has 102 valence electrons. The van der Waals surface area contributed by atoms with E-state index >= 15 is 0 Å². The summed E-state index contributed by atoms with van der Waals surface area (Å²) in [5.41, 5.74) is 1.29. The molecule has 1 aromatic carbocycles. The average molecular weight is 340 g/mol. The predicted molar refractivity (Wildman–Crippen MR) is 85.1 cm³/mol. The zero-order valence-electron chi connectivity index (χ0n) is 11.2. The SMILES string of the molecule is CCOc1ccc(C(Cc2ccc(Br)s2)NC)cc1. The van der Waals surface area contributed by atoms with Gasteiger partial charge in [-0.1, -0.05) is 12.1 Å². The molecule has 2 nitrogen and oxygen atoms in total. The van der Waals surface area contributed by atoms with Crippen molar-refractivity contribution in [3.8, 4) is 5.75 Å². The van der Waals surface area contributed by atoms with Crippen LogP contribution in [0.5, 0.6) is 5.75 Å². The van der Waals surface area contributed by atoms with Gasteiger partial charge >= 0.3 is 0 Å². The fourth-order valence-corrected chi connectivity index (χ4v) is 3.54. The van der Waals surface area contributed by atoms with E-state index in [1.165, 1.54) is 14.2 Å². The third-order valence-electron chi connectivity index (χ3n) is 2.98. The van der Waals surface area contributed by atoms with Crippen molar-refractivity contribution in [1.29, 1.82) is 0 Å². The number of nitrogens with one attached hydrogen (secondary N) is 1. The molecule has 0 bridgehead atoms. The Labute approximate surface area is 126 Å². The van der Waals surface area contributed by atoms with Crippen molar-refractivity contribution in [3.05, 3.63) is 50.6 Å². The Morgan fingerprint density at radius 3 is 2.47 bits per heavy atom. The number of hydrogen-bond donors (Lipinski definition) is 1. The minimum absolute atomic E-state index is 0.334. The first-order valence-electron chi connectivity index (χ1n) is 6.37. The molecule has 4 heteroatoms. The van der Waals surface area contributed by atoms with Crippen LogP contribution in [0.1, 0.15) is 23.4 Å². The maximum absolute atomic E-state index is 5.47. The van der Waals surface area contributed by atoms with Crippen LogP contribution in [-0.4, -0.2) is 13.7 Å². The second-order valence-corrected chi connectivity index (χ2v) is 6.80. The molecule has 0 aliphatic carbocycles. The molecule has 2 rings (SSSR count). The fourth-order valence-electron chi connectivity index (χ4n) is 2.01. The van der Waals surface area contributed by atoms with Gasteiger partial charge in [0.15, 0.2) is 0 Å². The summed E-state index contributed by atoms with van der Waals surface area (Å²) < 4.78 is 6.66. The van der Waals surface area contributed by atoms with Crippen molar-refractivity contribution < 1.29 is 4.74 Å². The third-order valence-corrected chi connectivity index (χ3v) is 4.62. The van der Waals surface area contributed by atoms with Gasteiger partial charge in [0, 0.05) is 17.3 Å². The normalized spacial score (nSPS) is 12.4. The van der Waals surface area contributed by atoms with Gasteiger partial charge in [0.25, 0.3) is 0 Å². The Balaban J connectivity index is 2.08. The Kier molecular flexibility index (Phi) is 5.43. The number of hydrogen-bond acceptors (Lipinski definition) is 3. The van der Waals surface area contributed by atoms with Crippen LogP contribution in [0.2, 0.25) is 0 Å². The van der Waals surface area contributed by atoms with Gasteiger partial charge in [-0.05, 0) is 59.7 Å². The lowest BCUT2D eigenvalue weighted by Gasteiger charge is -2.16. The van der Waals surface area contributed by atoms with Crippen LogP contribution in [0.3, 0.4) is 0 Å². The van der Waals surface area contributed by atoms with Crippen LogP contribution in [-0.2, 0) is 6.42 Å². The van der Waals surface area contributed by atoms with Crippen molar-refractivity contribution in [3.63, 3.8) is 0 Å². The molecule has 1 atom stereocenters. The molecule has 19 heavy (non-hydrogen) atoms. The quantitative estimate of drug-likeness (QED) is 0.841. The second kappa shape index (κ2) is 7.08. The molecular weight excluding hydrogens is 322 g/mol. The van der Waals surface area contributed by atoms with Crippen LogP contribution >= 0.6 is 27.3 Å². The van der Waals surface area contributed by atoms with E-state index in [-0.39, 0.29) is 0 Å². The van der Waals surface area contributed by atoms with Crippen LogP contribution in [0.4, 0.5) is 0 Å². The number of thiophene rings is 1. The van der Waals surface area contributed by atoms with Crippen molar-refractivity contribution in [2.75, 3.05) is 13.7 Å². The van der Waals surface area contributed by atoms with Gasteiger partial charge in [-0.2, -0.15) is 0 Å². The molecule has 0 aliphatic rings. The lowest BCUT2D eigenvalue weighted by atomic mass is 10.0. The fraction of sp³-hybridized carbons (Fsp3) is 0.333. The molecule has 1 unspecified atom stereocenters. The summed E-state index contributed by atoms with van der Waals surface area (Å²) in [6.07, 6.45) is 1.00. The molecule has 1 N–H and O–H groups in total. The average Bonchev–Trinajstić information content (AvgIpc) is 2.83. The Morgan fingerprint density at radius 2 is 1.95 bits per heavy atom. The van der Waals surface area contributed by atoms with Crippen molar-refractivity contribution in [2.24, 2.45) is 0 Å². The Hall–Kier alpha value is -0.840. The zero-order valence-corrected chi connectivity index (χ0v) is 13.6. The maximum Gasteiger partial charge on any atom is 0.119 e. The second-order valence-electron chi connectivity index (χ2n) is 4.25. The summed E-state index contributed by atoms with van der Waals surface area (Å²) in [5.74, 6) is 0.931. The molecular formula is C15H18BrNOS. The first-order valence-corrected chi connectivity index (χ1v) is 7.98. The zero-order chi connectivity index (χ0) is 13.7. The molecule has 2 aromatic rings. The van der Waals surface area contributed by atoms with E-state index < -0.39 is 0 Å². The van der Waals surface area contributed by atoms with E-state index in [9.17, 15) is 0 Å². The van der Waals surface area contributed by atoms with Crippen molar-refractivity contribution >= 4 is 27.3 Å². The summed E-state index contributed by atoms with van der Waals surface area (Å²) in [4.78, 5) is 1.38. The largest absolute Gasteiger partial charge is 0.494 e. The summed E-state index contributed by atoms with van der Waals surface area (Å²) >= 11 is 5.30. The summed E-state index contributed by atoms with van der Waals surface area (Å²) in [6, 6.07) is 12.9. The van der Waals surface area contributed by atoms with Gasteiger partial charge in [-0.15, -0.1) is 11.3 Å². The highest BCUT2D eigenvalue weighted by atomic mass is 79.9. The van der Waals surface area contributed by atoms with Gasteiger partial charge in [-0.25, -0.2) is 0 Å². The molecule has 0 radical (unpaired) electrons. The number of ether oxygens (including phenoxy) is 1. The minimum Gasteiger partial charge on any atom is -0.494 e. The molecule has 1 heterocycles. The van der Waals surface area contributed by atoms with E-state index in [0.717, 1.165) is 12.2 Å². The third kappa shape index (κ3) is 4.06. The van der Waals surface area contributed by atoms with Crippen LogP contribution in [0.25, 0.3) is 0 Å². The predicted octanol–water partition coefficient (Wildman–Crippen LogP) is 4.41. The molecule has 0 fully saturated rings. The molecule has 0 saturated carbocycles. The highest BCUT2D eigenvalue weighted by Gasteiger charge is 2.11. The van der Waals surface area contributed by atoms with Gasteiger partial charge in [-0.3, -0.25) is 0 Å². The topological polar surface area (TPSA) is 21.3 Å². The van der Waals surface area contributed by atoms with Crippen LogP contribution in [0.15, 0.2) is 40.2 Å². The van der Waals surface area contributed by atoms with Gasteiger partial charge in [0.1, 0.15) is 5.75 Å². The summed E-state index contributed by atoms with van der Waals surface area (Å²) in [6.45, 7) is 2.71. The monoisotopic (exact) mass is 339 g/mol. The lowest BCUT2D eigenvalue weighted by molar-refractivity contribution is 0.340. The van der Waals surface area contributed by atoms with Crippen molar-refractivity contribution in [1.82, 2.24) is 5.32 Å². The number of halogens is 1. The molecule has 1 aromatic heterocycles. The number of rotatable bonds is 6. The standard InChI is InChI=1S/C15H18BrNOS/c1-3-18-12-6-4-11(5-7-12)14(17-2)10-13-8-9-15(16)19-13/h4-9,14,17H,3,10H2,1-2H3. The lowest BCUT2D eigenvalue weighted by Crippen LogP contribution is -2.18. The van der Waals surface area contributed by atoms with E-state index in [0.29, 0.717) is 12.6 Å². The van der Waals surface area contributed by atoms with E-state index in [1.54, 1.807) is 11.3 Å². The van der Waals surface area contributed by atoms with Gasteiger partial charge in [0.2, 0.25) is 0 Å². The number of benzene rings is 1. The molecule has 0 spiro atoms. The van der Waals surface area contributed by atoms with E-state index in [2.05, 4.69) is 45.5 Å². The first kappa shape index (κ1) is 14.6. The van der Waals surface area contributed by atoms with Gasteiger partial charge in [0.05, 0.1) is 10.4 Å².